The number of ketones is 1. The van der Waals surface area contributed by atoms with Crippen molar-refractivity contribution in [2.45, 2.75) is 78.2 Å². The molecule has 2 heterocycles. The van der Waals surface area contributed by atoms with Gasteiger partial charge in [-0.05, 0) is 63.5 Å². The molecule has 0 unspecified atom stereocenters. The number of aryl methyl sites for hydroxylation is 1. The average Bonchev–Trinajstić information content (AvgIpc) is 3.25. The average molecular weight is 462 g/mol. The van der Waals surface area contributed by atoms with Crippen molar-refractivity contribution in [1.29, 1.82) is 0 Å². The maximum atomic E-state index is 13.7. The number of allylic oxidation sites excluding steroid dienone is 3. The van der Waals surface area contributed by atoms with E-state index in [1.54, 1.807) is 12.1 Å². The van der Waals surface area contributed by atoms with Crippen LogP contribution < -0.4 is 10.7 Å². The largest absolute Gasteiger partial charge is 0.464 e. The number of nitrogens with one attached hydrogen (secondary N) is 1. The molecular formula is C28H31NO5. The van der Waals surface area contributed by atoms with Crippen LogP contribution in [-0.4, -0.2) is 17.9 Å². The molecule has 1 saturated carbocycles. The van der Waals surface area contributed by atoms with E-state index in [1.165, 1.54) is 6.26 Å². The molecule has 6 heteroatoms. The van der Waals surface area contributed by atoms with Crippen LogP contribution in [0.15, 0.2) is 56.2 Å². The Labute approximate surface area is 199 Å². The highest BCUT2D eigenvalue weighted by Crippen LogP contribution is 2.46. The third-order valence-electron chi connectivity index (χ3n) is 7.30. The van der Waals surface area contributed by atoms with Crippen LogP contribution in [0.25, 0.3) is 11.0 Å². The first-order valence-electron chi connectivity index (χ1n) is 12.1. The number of hydrogen-bond acceptors (Lipinski definition) is 6. The van der Waals surface area contributed by atoms with Crippen molar-refractivity contribution < 1.29 is 18.7 Å². The summed E-state index contributed by atoms with van der Waals surface area (Å²) in [6, 6.07) is 5.45. The summed E-state index contributed by atoms with van der Waals surface area (Å²) < 4.78 is 11.7. The minimum atomic E-state index is -0.810. The monoisotopic (exact) mass is 461 g/mol. The molecule has 0 saturated heterocycles. The van der Waals surface area contributed by atoms with Crippen molar-refractivity contribution in [3.63, 3.8) is 0 Å². The fourth-order valence-corrected chi connectivity index (χ4v) is 5.70. The summed E-state index contributed by atoms with van der Waals surface area (Å²) in [7, 11) is 0. The molecule has 5 rings (SSSR count). The fourth-order valence-electron chi connectivity index (χ4n) is 5.70. The number of benzene rings is 1. The molecule has 1 aromatic carbocycles. The van der Waals surface area contributed by atoms with Crippen LogP contribution in [0.3, 0.4) is 0 Å². The molecule has 0 amide bonds. The number of Topliss-reactive ketones (excluding diaryl/α,β-unsaturated/α-hetero) is 1. The molecule has 0 bridgehead atoms. The maximum Gasteiger partial charge on any atom is 0.337 e. The van der Waals surface area contributed by atoms with E-state index < -0.39 is 11.9 Å². The van der Waals surface area contributed by atoms with Crippen LogP contribution in [-0.2, 0) is 14.3 Å². The molecule has 2 aromatic rings. The molecule has 1 aromatic heterocycles. The lowest BCUT2D eigenvalue weighted by molar-refractivity contribution is -0.144. The highest BCUT2D eigenvalue weighted by Gasteiger charge is 2.44. The number of fused-ring (bicyclic) bond motifs is 1. The SMILES string of the molecule is CC1=C(C(=O)OC2CCCC2)[C@H](c2coc3ccc(C)cc3c2=O)C2=C(CC(C)(C)CC2=O)N1. The van der Waals surface area contributed by atoms with Gasteiger partial charge in [-0.25, -0.2) is 4.79 Å². The highest BCUT2D eigenvalue weighted by atomic mass is 16.5. The van der Waals surface area contributed by atoms with Crippen molar-refractivity contribution in [2.75, 3.05) is 0 Å². The lowest BCUT2D eigenvalue weighted by Crippen LogP contribution is -2.40. The number of esters is 1. The first-order valence-corrected chi connectivity index (χ1v) is 12.1. The summed E-state index contributed by atoms with van der Waals surface area (Å²) in [5.41, 5.74) is 3.52. The summed E-state index contributed by atoms with van der Waals surface area (Å²) in [4.78, 5) is 40.7. The van der Waals surface area contributed by atoms with E-state index in [0.717, 1.165) is 36.9 Å². The summed E-state index contributed by atoms with van der Waals surface area (Å²) >= 11 is 0. The van der Waals surface area contributed by atoms with Crippen molar-refractivity contribution in [3.8, 4) is 0 Å². The number of hydrogen-bond donors (Lipinski definition) is 1. The van der Waals surface area contributed by atoms with E-state index in [4.69, 9.17) is 9.15 Å². The Morgan fingerprint density at radius 1 is 1.12 bits per heavy atom. The van der Waals surface area contributed by atoms with Gasteiger partial charge in [0.2, 0.25) is 0 Å². The molecule has 2 aliphatic carbocycles. The Morgan fingerprint density at radius 3 is 2.59 bits per heavy atom. The molecule has 0 radical (unpaired) electrons. The normalized spacial score (nSPS) is 22.7. The maximum absolute atomic E-state index is 13.7. The van der Waals surface area contributed by atoms with E-state index in [2.05, 4.69) is 19.2 Å². The van der Waals surface area contributed by atoms with E-state index in [-0.39, 0.29) is 22.7 Å². The Kier molecular flexibility index (Phi) is 5.50. The van der Waals surface area contributed by atoms with Crippen LogP contribution in [0.5, 0.6) is 0 Å². The van der Waals surface area contributed by atoms with E-state index >= 15 is 0 Å². The predicted octanol–water partition coefficient (Wildman–Crippen LogP) is 5.19. The van der Waals surface area contributed by atoms with Gasteiger partial charge in [0.1, 0.15) is 11.7 Å². The molecule has 1 N–H and O–H groups in total. The number of carbonyl (C=O) groups is 2. The third-order valence-corrected chi connectivity index (χ3v) is 7.30. The van der Waals surface area contributed by atoms with Crippen molar-refractivity contribution in [2.24, 2.45) is 5.41 Å². The van der Waals surface area contributed by atoms with Gasteiger partial charge in [0.05, 0.1) is 23.1 Å². The fraction of sp³-hybridized carbons (Fsp3) is 0.464. The van der Waals surface area contributed by atoms with Gasteiger partial charge in [0.15, 0.2) is 11.2 Å². The predicted molar refractivity (Wildman–Crippen MR) is 129 cm³/mol. The molecule has 0 spiro atoms. The van der Waals surface area contributed by atoms with Gasteiger partial charge in [-0.1, -0.05) is 25.5 Å². The Hall–Kier alpha value is -3.15. The van der Waals surface area contributed by atoms with Gasteiger partial charge in [-0.15, -0.1) is 0 Å². The van der Waals surface area contributed by atoms with E-state index in [1.807, 2.05) is 19.9 Å². The van der Waals surface area contributed by atoms with Crippen LogP contribution in [0.1, 0.15) is 76.3 Å². The molecule has 3 aliphatic rings. The van der Waals surface area contributed by atoms with Crippen LogP contribution in [0.4, 0.5) is 0 Å². The number of dihydropyridines is 1. The second-order valence-electron chi connectivity index (χ2n) is 10.8. The Morgan fingerprint density at radius 2 is 1.85 bits per heavy atom. The first-order chi connectivity index (χ1) is 16.1. The second kappa shape index (κ2) is 8.26. The minimum Gasteiger partial charge on any atom is -0.464 e. The third kappa shape index (κ3) is 3.89. The van der Waals surface area contributed by atoms with Crippen molar-refractivity contribution in [3.05, 3.63) is 68.4 Å². The number of rotatable bonds is 3. The second-order valence-corrected chi connectivity index (χ2v) is 10.8. The smallest absolute Gasteiger partial charge is 0.337 e. The molecule has 6 nitrogen and oxygen atoms in total. The minimum absolute atomic E-state index is 0.0499. The standard InChI is InChI=1S/C28H31NO5/c1-15-9-10-22-18(11-15)26(31)19(14-33-22)24-23(27(32)34-17-7-5-6-8-17)16(2)29-20-12-28(3,4)13-21(30)25(20)24/h9-11,14,17,24,29H,5-8,12-13H2,1-4H3/t24-/m0/s1. The zero-order chi connectivity index (χ0) is 24.2. The number of ether oxygens (including phenoxy) is 1. The van der Waals surface area contributed by atoms with Gasteiger partial charge in [0, 0.05) is 29.0 Å². The first kappa shape index (κ1) is 22.6. The van der Waals surface area contributed by atoms with Crippen LogP contribution in [0, 0.1) is 12.3 Å². The number of carbonyl (C=O) groups excluding carboxylic acids is 2. The summed E-state index contributed by atoms with van der Waals surface area (Å²) in [5.74, 6) is -1.32. The van der Waals surface area contributed by atoms with E-state index in [9.17, 15) is 14.4 Å². The molecule has 1 fully saturated rings. The zero-order valence-corrected chi connectivity index (χ0v) is 20.2. The van der Waals surface area contributed by atoms with Gasteiger partial charge < -0.3 is 14.5 Å². The zero-order valence-electron chi connectivity index (χ0n) is 20.2. The van der Waals surface area contributed by atoms with Crippen molar-refractivity contribution in [1.82, 2.24) is 5.32 Å². The van der Waals surface area contributed by atoms with Gasteiger partial charge >= 0.3 is 5.97 Å². The van der Waals surface area contributed by atoms with Gasteiger partial charge in [0.25, 0.3) is 0 Å². The van der Waals surface area contributed by atoms with Crippen molar-refractivity contribution >= 4 is 22.7 Å². The summed E-state index contributed by atoms with van der Waals surface area (Å²) in [6.45, 7) is 7.85. The van der Waals surface area contributed by atoms with Crippen LogP contribution >= 0.6 is 0 Å². The van der Waals surface area contributed by atoms with Gasteiger partial charge in [-0.2, -0.15) is 0 Å². The Bertz CT molecular complexity index is 1320. The summed E-state index contributed by atoms with van der Waals surface area (Å²) in [6.07, 6.45) is 6.06. The molecule has 1 aliphatic heterocycles. The lowest BCUT2D eigenvalue weighted by atomic mass is 9.68. The molecule has 34 heavy (non-hydrogen) atoms. The molecular weight excluding hydrogens is 430 g/mol. The Balaban J connectivity index is 1.69. The summed E-state index contributed by atoms with van der Waals surface area (Å²) in [5, 5.41) is 3.78. The highest BCUT2D eigenvalue weighted by molar-refractivity contribution is 6.04. The van der Waals surface area contributed by atoms with Crippen LogP contribution in [0.2, 0.25) is 0 Å². The topological polar surface area (TPSA) is 85.6 Å². The van der Waals surface area contributed by atoms with E-state index in [0.29, 0.717) is 46.2 Å². The van der Waals surface area contributed by atoms with Gasteiger partial charge in [-0.3, -0.25) is 9.59 Å². The molecule has 178 valence electrons. The lowest BCUT2D eigenvalue weighted by Gasteiger charge is -2.39. The quantitative estimate of drug-likeness (QED) is 0.633. The molecule has 1 atom stereocenters.